The van der Waals surface area contributed by atoms with Crippen LogP contribution < -0.4 is 5.32 Å². The Morgan fingerprint density at radius 3 is 2.65 bits per heavy atom. The zero-order chi connectivity index (χ0) is 14.5. The van der Waals surface area contributed by atoms with E-state index in [1.807, 2.05) is 32.0 Å². The molecule has 0 aliphatic carbocycles. The van der Waals surface area contributed by atoms with Gasteiger partial charge in [-0.25, -0.2) is 4.39 Å². The van der Waals surface area contributed by atoms with Crippen LogP contribution >= 0.6 is 0 Å². The Kier molecular flexibility index (Phi) is 4.37. The van der Waals surface area contributed by atoms with Crippen LogP contribution in [0.2, 0.25) is 0 Å². The summed E-state index contributed by atoms with van der Waals surface area (Å²) in [4.78, 5) is 0. The molecule has 0 atom stereocenters. The van der Waals surface area contributed by atoms with E-state index >= 15 is 0 Å². The van der Waals surface area contributed by atoms with E-state index in [0.29, 0.717) is 12.1 Å². The summed E-state index contributed by atoms with van der Waals surface area (Å²) >= 11 is 0. The van der Waals surface area contributed by atoms with Gasteiger partial charge in [0, 0.05) is 6.54 Å². The molecule has 0 amide bonds. The van der Waals surface area contributed by atoms with Crippen LogP contribution in [0, 0.1) is 31.0 Å². The average molecular weight is 268 g/mol. The third-order valence-electron chi connectivity index (χ3n) is 3.39. The minimum absolute atomic E-state index is 0.204. The van der Waals surface area contributed by atoms with Gasteiger partial charge in [0.1, 0.15) is 11.9 Å². The van der Waals surface area contributed by atoms with E-state index in [0.717, 1.165) is 28.8 Å². The van der Waals surface area contributed by atoms with Gasteiger partial charge >= 0.3 is 0 Å². The predicted octanol–water partition coefficient (Wildman–Crippen LogP) is 3.97. The summed E-state index contributed by atoms with van der Waals surface area (Å²) in [6, 6.07) is 12.7. The minimum atomic E-state index is -0.204. The zero-order valence-electron chi connectivity index (χ0n) is 11.7. The highest BCUT2D eigenvalue weighted by Crippen LogP contribution is 2.20. The topological polar surface area (TPSA) is 35.8 Å². The van der Waals surface area contributed by atoms with Crippen molar-refractivity contribution in [2.75, 3.05) is 11.9 Å². The average Bonchev–Trinajstić information content (AvgIpc) is 2.42. The molecule has 2 aromatic rings. The lowest BCUT2D eigenvalue weighted by Crippen LogP contribution is -2.08. The molecule has 0 aliphatic heterocycles. The van der Waals surface area contributed by atoms with Gasteiger partial charge in [0.25, 0.3) is 0 Å². The van der Waals surface area contributed by atoms with Gasteiger partial charge in [-0.3, -0.25) is 0 Å². The molecule has 0 saturated carbocycles. The second kappa shape index (κ2) is 6.21. The van der Waals surface area contributed by atoms with Gasteiger partial charge in [-0.2, -0.15) is 5.26 Å². The highest BCUT2D eigenvalue weighted by molar-refractivity contribution is 5.62. The molecule has 0 fully saturated rings. The number of nitrogens with one attached hydrogen (secondary N) is 1. The molecule has 0 aliphatic rings. The van der Waals surface area contributed by atoms with Crippen LogP contribution in [0.3, 0.4) is 0 Å². The van der Waals surface area contributed by atoms with E-state index < -0.39 is 0 Å². The maximum Gasteiger partial charge on any atom is 0.123 e. The van der Waals surface area contributed by atoms with Gasteiger partial charge < -0.3 is 5.32 Å². The Morgan fingerprint density at radius 2 is 1.95 bits per heavy atom. The summed E-state index contributed by atoms with van der Waals surface area (Å²) in [6.45, 7) is 4.60. The number of rotatable bonds is 4. The summed E-state index contributed by atoms with van der Waals surface area (Å²) in [5, 5.41) is 12.4. The first-order chi connectivity index (χ1) is 9.61. The Hall–Kier alpha value is -2.34. The predicted molar refractivity (Wildman–Crippen MR) is 79.2 cm³/mol. The Labute approximate surface area is 118 Å². The molecule has 0 aromatic heterocycles. The van der Waals surface area contributed by atoms with Crippen LogP contribution in [0.5, 0.6) is 0 Å². The zero-order valence-corrected chi connectivity index (χ0v) is 11.7. The first-order valence-corrected chi connectivity index (χ1v) is 6.60. The van der Waals surface area contributed by atoms with Crippen LogP contribution in [0.25, 0.3) is 0 Å². The van der Waals surface area contributed by atoms with Gasteiger partial charge in [0.05, 0.1) is 11.3 Å². The second-order valence-electron chi connectivity index (χ2n) is 4.86. The number of nitriles is 1. The van der Waals surface area contributed by atoms with Crippen molar-refractivity contribution in [1.82, 2.24) is 0 Å². The first kappa shape index (κ1) is 14.1. The molecule has 102 valence electrons. The lowest BCUT2D eigenvalue weighted by Gasteiger charge is -2.12. The molecule has 1 N–H and O–H groups in total. The van der Waals surface area contributed by atoms with Crippen molar-refractivity contribution in [3.63, 3.8) is 0 Å². The molecule has 2 aromatic carbocycles. The maximum atomic E-state index is 13.0. The molecular weight excluding hydrogens is 251 g/mol. The largest absolute Gasteiger partial charge is 0.383 e. The highest BCUT2D eigenvalue weighted by atomic mass is 19.1. The number of hydrogen-bond donors (Lipinski definition) is 1. The van der Waals surface area contributed by atoms with Gasteiger partial charge in [-0.1, -0.05) is 18.2 Å². The fraction of sp³-hybridized carbons (Fsp3) is 0.235. The number of para-hydroxylation sites is 1. The number of halogens is 1. The molecule has 0 unspecified atom stereocenters. The van der Waals surface area contributed by atoms with Gasteiger partial charge in [-0.15, -0.1) is 0 Å². The molecule has 3 heteroatoms. The van der Waals surface area contributed by atoms with E-state index in [4.69, 9.17) is 5.26 Å². The van der Waals surface area contributed by atoms with Gasteiger partial charge in [-0.05, 0) is 55.2 Å². The van der Waals surface area contributed by atoms with Crippen LogP contribution in [0.4, 0.5) is 10.1 Å². The van der Waals surface area contributed by atoms with Crippen molar-refractivity contribution in [2.45, 2.75) is 20.3 Å². The molecule has 20 heavy (non-hydrogen) atoms. The van der Waals surface area contributed by atoms with Crippen molar-refractivity contribution >= 4 is 5.69 Å². The summed E-state index contributed by atoms with van der Waals surface area (Å²) in [5.41, 5.74) is 4.67. The van der Waals surface area contributed by atoms with Crippen LogP contribution in [-0.4, -0.2) is 6.54 Å². The third kappa shape index (κ3) is 3.16. The van der Waals surface area contributed by atoms with Crippen LogP contribution in [-0.2, 0) is 6.42 Å². The van der Waals surface area contributed by atoms with Crippen LogP contribution in [0.1, 0.15) is 22.3 Å². The summed E-state index contributed by atoms with van der Waals surface area (Å²) in [7, 11) is 0. The van der Waals surface area contributed by atoms with E-state index in [9.17, 15) is 4.39 Å². The highest BCUT2D eigenvalue weighted by Gasteiger charge is 2.05. The number of nitrogens with zero attached hydrogens (tertiary/aromatic N) is 1. The third-order valence-corrected chi connectivity index (χ3v) is 3.39. The van der Waals surface area contributed by atoms with E-state index in [-0.39, 0.29) is 5.82 Å². The number of anilines is 1. The molecule has 2 rings (SSSR count). The van der Waals surface area contributed by atoms with Crippen molar-refractivity contribution in [2.24, 2.45) is 0 Å². The van der Waals surface area contributed by atoms with E-state index in [1.165, 1.54) is 6.07 Å². The van der Waals surface area contributed by atoms with E-state index in [1.54, 1.807) is 12.1 Å². The SMILES string of the molecule is Cc1cc(F)ccc1CCNc1c(C)cccc1C#N. The van der Waals surface area contributed by atoms with Crippen molar-refractivity contribution in [1.29, 1.82) is 5.26 Å². The molecule has 0 bridgehead atoms. The summed E-state index contributed by atoms with van der Waals surface area (Å²) in [6.07, 6.45) is 0.797. The number of aryl methyl sites for hydroxylation is 2. The molecule has 0 heterocycles. The van der Waals surface area contributed by atoms with Gasteiger partial charge in [0.2, 0.25) is 0 Å². The van der Waals surface area contributed by atoms with Crippen LogP contribution in [0.15, 0.2) is 36.4 Å². The van der Waals surface area contributed by atoms with Crippen molar-refractivity contribution in [3.05, 3.63) is 64.5 Å². The quantitative estimate of drug-likeness (QED) is 0.910. The molecule has 0 radical (unpaired) electrons. The van der Waals surface area contributed by atoms with E-state index in [2.05, 4.69) is 11.4 Å². The second-order valence-corrected chi connectivity index (χ2v) is 4.86. The minimum Gasteiger partial charge on any atom is -0.383 e. The molecular formula is C17H17FN2. The molecule has 0 spiro atoms. The molecule has 0 saturated heterocycles. The fourth-order valence-electron chi connectivity index (χ4n) is 2.26. The Morgan fingerprint density at radius 1 is 1.15 bits per heavy atom. The lowest BCUT2D eigenvalue weighted by molar-refractivity contribution is 0.625. The Bertz CT molecular complexity index is 657. The number of benzene rings is 2. The lowest BCUT2D eigenvalue weighted by atomic mass is 10.0. The van der Waals surface area contributed by atoms with Crippen molar-refractivity contribution in [3.8, 4) is 6.07 Å². The first-order valence-electron chi connectivity index (χ1n) is 6.60. The smallest absolute Gasteiger partial charge is 0.123 e. The van der Waals surface area contributed by atoms with Gasteiger partial charge in [0.15, 0.2) is 0 Å². The Balaban J connectivity index is 2.05. The van der Waals surface area contributed by atoms with Crippen molar-refractivity contribution < 1.29 is 4.39 Å². The monoisotopic (exact) mass is 268 g/mol. The maximum absolute atomic E-state index is 13.0. The number of hydrogen-bond acceptors (Lipinski definition) is 2. The standard InChI is InChI=1S/C17H17FN2/c1-12-4-3-5-15(11-19)17(12)20-9-8-14-6-7-16(18)10-13(14)2/h3-7,10,20H,8-9H2,1-2H3. The fourth-order valence-corrected chi connectivity index (χ4v) is 2.26. The summed E-state index contributed by atoms with van der Waals surface area (Å²) in [5.74, 6) is -0.204. The normalized spacial score (nSPS) is 10.1. The molecule has 2 nitrogen and oxygen atoms in total. The summed E-state index contributed by atoms with van der Waals surface area (Å²) < 4.78 is 13.0.